The number of aliphatic hydroxyl groups is 1. The maximum absolute atomic E-state index is 12.6. The standard InChI is InChI=1S/C9H13F3N2O2/c1-7(2,3)6-4-8(16,9(10,11)12)14(5-15)13-6/h4-5,13,16H,1-3H3. The van der Waals surface area contributed by atoms with Gasteiger partial charge in [-0.15, -0.1) is 0 Å². The maximum Gasteiger partial charge on any atom is 0.442 e. The molecule has 0 aliphatic carbocycles. The molecule has 0 radical (unpaired) electrons. The first-order chi connectivity index (χ1) is 7.02. The highest BCUT2D eigenvalue weighted by atomic mass is 19.4. The Hall–Kier alpha value is -1.24. The molecule has 1 aliphatic rings. The number of hydrazine groups is 1. The van der Waals surface area contributed by atoms with Crippen LogP contribution in [-0.4, -0.2) is 28.4 Å². The van der Waals surface area contributed by atoms with Crippen LogP contribution in [0.2, 0.25) is 0 Å². The number of nitrogens with zero attached hydrogens (tertiary/aromatic N) is 1. The van der Waals surface area contributed by atoms with E-state index in [-0.39, 0.29) is 17.1 Å². The minimum atomic E-state index is -4.95. The molecule has 7 heteroatoms. The molecule has 0 spiro atoms. The Kier molecular flexibility index (Phi) is 2.71. The topological polar surface area (TPSA) is 52.6 Å². The summed E-state index contributed by atoms with van der Waals surface area (Å²) in [6.45, 7) is 4.99. The van der Waals surface area contributed by atoms with Crippen molar-refractivity contribution in [3.8, 4) is 0 Å². The molecule has 2 N–H and O–H groups in total. The Labute approximate surface area is 90.7 Å². The van der Waals surface area contributed by atoms with Crippen LogP contribution in [-0.2, 0) is 4.79 Å². The van der Waals surface area contributed by atoms with E-state index in [9.17, 15) is 23.1 Å². The van der Waals surface area contributed by atoms with Gasteiger partial charge in [0.25, 0.3) is 5.72 Å². The molecule has 1 atom stereocenters. The van der Waals surface area contributed by atoms with Crippen molar-refractivity contribution in [2.24, 2.45) is 5.41 Å². The van der Waals surface area contributed by atoms with Crippen LogP contribution in [0, 0.1) is 5.41 Å². The normalized spacial score (nSPS) is 26.4. The van der Waals surface area contributed by atoms with Gasteiger partial charge in [-0.05, 0) is 0 Å². The van der Waals surface area contributed by atoms with E-state index in [1.807, 2.05) is 0 Å². The van der Waals surface area contributed by atoms with Crippen molar-refractivity contribution in [3.05, 3.63) is 11.8 Å². The predicted octanol–water partition coefficient (Wildman–Crippen LogP) is 1.14. The van der Waals surface area contributed by atoms with Crippen LogP contribution < -0.4 is 5.43 Å². The minimum Gasteiger partial charge on any atom is -0.359 e. The molecule has 1 unspecified atom stereocenters. The van der Waals surface area contributed by atoms with Crippen molar-refractivity contribution in [2.75, 3.05) is 0 Å². The van der Waals surface area contributed by atoms with Gasteiger partial charge < -0.3 is 5.11 Å². The lowest BCUT2D eigenvalue weighted by molar-refractivity contribution is -0.285. The molecule has 4 nitrogen and oxygen atoms in total. The Morgan fingerprint density at radius 1 is 1.44 bits per heavy atom. The van der Waals surface area contributed by atoms with E-state index in [0.717, 1.165) is 0 Å². The highest BCUT2D eigenvalue weighted by Gasteiger charge is 2.60. The van der Waals surface area contributed by atoms with Gasteiger partial charge in [-0.25, -0.2) is 5.01 Å². The Morgan fingerprint density at radius 2 is 1.94 bits per heavy atom. The molecule has 1 heterocycles. The Morgan fingerprint density at radius 3 is 2.19 bits per heavy atom. The molecule has 1 rings (SSSR count). The number of hydrogen-bond acceptors (Lipinski definition) is 3. The molecule has 0 fully saturated rings. The number of hydrogen-bond donors (Lipinski definition) is 2. The highest BCUT2D eigenvalue weighted by Crippen LogP contribution is 2.40. The lowest BCUT2D eigenvalue weighted by atomic mass is 9.91. The highest BCUT2D eigenvalue weighted by molar-refractivity contribution is 5.51. The number of amides is 1. The summed E-state index contributed by atoms with van der Waals surface area (Å²) in [6.07, 6.45) is -4.43. The first kappa shape index (κ1) is 12.8. The van der Waals surface area contributed by atoms with Gasteiger partial charge in [0, 0.05) is 17.2 Å². The Bertz CT molecular complexity index is 333. The van der Waals surface area contributed by atoms with Crippen LogP contribution in [0.5, 0.6) is 0 Å². The number of rotatable bonds is 1. The molecule has 0 bridgehead atoms. The second-order valence-corrected chi connectivity index (χ2v) is 4.62. The van der Waals surface area contributed by atoms with Gasteiger partial charge >= 0.3 is 6.18 Å². The summed E-state index contributed by atoms with van der Waals surface area (Å²) in [5, 5.41) is 9.56. The van der Waals surface area contributed by atoms with Gasteiger partial charge in [0.15, 0.2) is 0 Å². The van der Waals surface area contributed by atoms with Crippen LogP contribution >= 0.6 is 0 Å². The van der Waals surface area contributed by atoms with Crippen molar-refractivity contribution >= 4 is 6.41 Å². The zero-order valence-electron chi connectivity index (χ0n) is 9.09. The van der Waals surface area contributed by atoms with Crippen molar-refractivity contribution in [2.45, 2.75) is 32.7 Å². The summed E-state index contributed by atoms with van der Waals surface area (Å²) in [5.41, 5.74) is -1.54. The molecule has 1 amide bonds. The van der Waals surface area contributed by atoms with E-state index in [0.29, 0.717) is 6.08 Å². The van der Waals surface area contributed by atoms with E-state index in [1.165, 1.54) is 0 Å². The largest absolute Gasteiger partial charge is 0.442 e. The van der Waals surface area contributed by atoms with Crippen LogP contribution in [0.3, 0.4) is 0 Å². The van der Waals surface area contributed by atoms with Gasteiger partial charge in [-0.3, -0.25) is 10.2 Å². The number of carbonyl (C=O) groups excluding carboxylic acids is 1. The SMILES string of the molecule is CC(C)(C)C1=CC(O)(C(F)(F)F)N(C=O)N1. The van der Waals surface area contributed by atoms with Crippen LogP contribution in [0.4, 0.5) is 13.2 Å². The second kappa shape index (κ2) is 3.38. The van der Waals surface area contributed by atoms with E-state index < -0.39 is 17.3 Å². The van der Waals surface area contributed by atoms with Crippen LogP contribution in [0.25, 0.3) is 0 Å². The van der Waals surface area contributed by atoms with Gasteiger partial charge in [0.05, 0.1) is 0 Å². The fraction of sp³-hybridized carbons (Fsp3) is 0.667. The molecular weight excluding hydrogens is 225 g/mol. The Balaban J connectivity index is 3.18. The molecule has 0 aromatic carbocycles. The van der Waals surface area contributed by atoms with Gasteiger partial charge in [-0.2, -0.15) is 13.2 Å². The number of carbonyl (C=O) groups is 1. The first-order valence-corrected chi connectivity index (χ1v) is 4.56. The van der Waals surface area contributed by atoms with Crippen LogP contribution in [0.1, 0.15) is 20.8 Å². The van der Waals surface area contributed by atoms with Gasteiger partial charge in [-0.1, -0.05) is 20.8 Å². The van der Waals surface area contributed by atoms with Crippen LogP contribution in [0.15, 0.2) is 11.8 Å². The average Bonchev–Trinajstić information content (AvgIpc) is 2.42. The van der Waals surface area contributed by atoms with Crippen molar-refractivity contribution in [1.82, 2.24) is 10.4 Å². The lowest BCUT2D eigenvalue weighted by Gasteiger charge is -2.31. The molecular formula is C9H13F3N2O2. The average molecular weight is 238 g/mol. The minimum absolute atomic E-state index is 0.0945. The van der Waals surface area contributed by atoms with Crippen molar-refractivity contribution in [1.29, 1.82) is 0 Å². The van der Waals surface area contributed by atoms with Gasteiger partial charge in [0.1, 0.15) is 0 Å². The van der Waals surface area contributed by atoms with E-state index in [4.69, 9.17) is 0 Å². The number of halogens is 3. The number of nitrogens with one attached hydrogen (secondary N) is 1. The molecule has 0 aromatic rings. The smallest absolute Gasteiger partial charge is 0.359 e. The fourth-order valence-electron chi connectivity index (χ4n) is 1.23. The molecule has 1 aliphatic heterocycles. The summed E-state index contributed by atoms with van der Waals surface area (Å²) >= 11 is 0. The summed E-state index contributed by atoms with van der Waals surface area (Å²) in [4.78, 5) is 10.5. The predicted molar refractivity (Wildman–Crippen MR) is 49.6 cm³/mol. The zero-order valence-corrected chi connectivity index (χ0v) is 9.09. The summed E-state index contributed by atoms with van der Waals surface area (Å²) in [6, 6.07) is 0. The first-order valence-electron chi connectivity index (χ1n) is 4.56. The monoisotopic (exact) mass is 238 g/mol. The third kappa shape index (κ3) is 1.87. The summed E-state index contributed by atoms with van der Waals surface area (Å²) < 4.78 is 37.8. The van der Waals surface area contributed by atoms with Crippen molar-refractivity contribution < 1.29 is 23.1 Å². The number of alkyl halides is 3. The second-order valence-electron chi connectivity index (χ2n) is 4.62. The van der Waals surface area contributed by atoms with E-state index >= 15 is 0 Å². The summed E-state index contributed by atoms with van der Waals surface area (Å²) in [7, 11) is 0. The number of allylic oxidation sites excluding steroid dienone is 1. The summed E-state index contributed by atoms with van der Waals surface area (Å²) in [5.74, 6) is 0. The molecule has 92 valence electrons. The molecule has 0 aromatic heterocycles. The molecule has 0 saturated carbocycles. The zero-order chi connectivity index (χ0) is 12.8. The maximum atomic E-state index is 12.6. The fourth-order valence-corrected chi connectivity index (χ4v) is 1.23. The lowest BCUT2D eigenvalue weighted by Crippen LogP contribution is -2.57. The molecule has 0 saturated heterocycles. The third-order valence-corrected chi connectivity index (χ3v) is 2.28. The quantitative estimate of drug-likeness (QED) is 0.674. The third-order valence-electron chi connectivity index (χ3n) is 2.28. The van der Waals surface area contributed by atoms with Gasteiger partial charge in [0.2, 0.25) is 6.41 Å². The molecule has 16 heavy (non-hydrogen) atoms. The van der Waals surface area contributed by atoms with E-state index in [1.54, 1.807) is 20.8 Å². The van der Waals surface area contributed by atoms with E-state index in [2.05, 4.69) is 5.43 Å². The van der Waals surface area contributed by atoms with Crippen molar-refractivity contribution in [3.63, 3.8) is 0 Å².